The van der Waals surface area contributed by atoms with E-state index in [-0.39, 0.29) is 21.9 Å². The van der Waals surface area contributed by atoms with Crippen LogP contribution in [0.5, 0.6) is 0 Å². The first-order valence-electron chi connectivity index (χ1n) is 4.49. The van der Waals surface area contributed by atoms with Crippen molar-refractivity contribution >= 4 is 34.9 Å². The molecule has 17 heavy (non-hydrogen) atoms. The highest BCUT2D eigenvalue weighted by Gasteiger charge is 2.12. The van der Waals surface area contributed by atoms with Crippen LogP contribution in [0.4, 0.5) is 5.82 Å². The molecule has 6 nitrogen and oxygen atoms in total. The summed E-state index contributed by atoms with van der Waals surface area (Å²) >= 11 is 11.3. The van der Waals surface area contributed by atoms with Gasteiger partial charge in [0.05, 0.1) is 0 Å². The van der Waals surface area contributed by atoms with Crippen LogP contribution in [0.2, 0.25) is 10.4 Å². The molecular formula is C9H6Cl2N4O2. The molecule has 0 aliphatic rings. The minimum atomic E-state index is -0.465. The van der Waals surface area contributed by atoms with E-state index >= 15 is 0 Å². The van der Waals surface area contributed by atoms with Crippen LogP contribution in [0.15, 0.2) is 16.7 Å². The third-order valence-corrected chi connectivity index (χ3v) is 2.13. The van der Waals surface area contributed by atoms with E-state index in [0.717, 1.165) is 0 Å². The fourth-order valence-electron chi connectivity index (χ4n) is 1.11. The molecule has 0 saturated carbocycles. The molecule has 0 fully saturated rings. The quantitative estimate of drug-likeness (QED) is 0.670. The minimum Gasteiger partial charge on any atom is -0.361 e. The normalized spacial score (nSPS) is 10.3. The van der Waals surface area contributed by atoms with Crippen LogP contribution in [-0.2, 0) is 0 Å². The first kappa shape index (κ1) is 11.8. The third-order valence-electron chi connectivity index (χ3n) is 1.77. The Balaban J connectivity index is 2.18. The van der Waals surface area contributed by atoms with Crippen molar-refractivity contribution in [3.63, 3.8) is 0 Å². The van der Waals surface area contributed by atoms with Gasteiger partial charge in [-0.1, -0.05) is 16.8 Å². The zero-order valence-corrected chi connectivity index (χ0v) is 10.1. The Kier molecular flexibility index (Phi) is 3.26. The summed E-state index contributed by atoms with van der Waals surface area (Å²) in [5, 5.41) is 6.12. The Bertz CT molecular complexity index is 550. The second-order valence-corrected chi connectivity index (χ2v) is 3.85. The van der Waals surface area contributed by atoms with Crippen LogP contribution >= 0.6 is 23.2 Å². The van der Waals surface area contributed by atoms with Crippen LogP contribution in [0.3, 0.4) is 0 Å². The Hall–Kier alpha value is -1.66. The van der Waals surface area contributed by atoms with Crippen molar-refractivity contribution < 1.29 is 9.32 Å². The lowest BCUT2D eigenvalue weighted by atomic mass is 10.3. The number of anilines is 1. The Labute approximate surface area is 106 Å². The molecule has 0 aliphatic carbocycles. The van der Waals surface area contributed by atoms with Gasteiger partial charge in [0.25, 0.3) is 5.91 Å². The predicted molar refractivity (Wildman–Crippen MR) is 61.2 cm³/mol. The fourth-order valence-corrected chi connectivity index (χ4v) is 1.52. The molecule has 0 spiro atoms. The van der Waals surface area contributed by atoms with Gasteiger partial charge < -0.3 is 9.84 Å². The van der Waals surface area contributed by atoms with E-state index in [9.17, 15) is 4.79 Å². The summed E-state index contributed by atoms with van der Waals surface area (Å²) in [5.41, 5.74) is 0.147. The molecule has 0 atom stereocenters. The van der Waals surface area contributed by atoms with E-state index in [2.05, 4.69) is 20.4 Å². The molecule has 88 valence electrons. The number of halogens is 2. The average Bonchev–Trinajstić information content (AvgIpc) is 2.63. The highest BCUT2D eigenvalue weighted by molar-refractivity contribution is 6.32. The van der Waals surface area contributed by atoms with Crippen LogP contribution in [0.1, 0.15) is 16.2 Å². The SMILES string of the molecule is Cc1cc(C(=O)Nc2cc(Cl)nc(Cl)n2)no1. The maximum absolute atomic E-state index is 11.7. The van der Waals surface area contributed by atoms with E-state index in [0.29, 0.717) is 5.76 Å². The molecule has 1 amide bonds. The van der Waals surface area contributed by atoms with Crippen LogP contribution < -0.4 is 5.32 Å². The maximum atomic E-state index is 11.7. The molecule has 2 rings (SSSR count). The van der Waals surface area contributed by atoms with Gasteiger partial charge in [0, 0.05) is 12.1 Å². The summed E-state index contributed by atoms with van der Waals surface area (Å²) in [5.74, 6) is 0.266. The Morgan fingerprint density at radius 3 is 2.71 bits per heavy atom. The Morgan fingerprint density at radius 1 is 1.35 bits per heavy atom. The highest BCUT2D eigenvalue weighted by atomic mass is 35.5. The number of amides is 1. The molecule has 1 N–H and O–H groups in total. The molecular weight excluding hydrogens is 267 g/mol. The lowest BCUT2D eigenvalue weighted by molar-refractivity contribution is 0.101. The van der Waals surface area contributed by atoms with E-state index in [1.807, 2.05) is 0 Å². The first-order chi connectivity index (χ1) is 8.04. The van der Waals surface area contributed by atoms with Gasteiger partial charge in [-0.3, -0.25) is 4.79 Å². The van der Waals surface area contributed by atoms with Gasteiger partial charge in [-0.25, -0.2) is 9.97 Å². The van der Waals surface area contributed by atoms with Crippen LogP contribution in [-0.4, -0.2) is 21.0 Å². The van der Waals surface area contributed by atoms with E-state index in [4.69, 9.17) is 27.7 Å². The van der Waals surface area contributed by atoms with Crippen molar-refractivity contribution in [2.75, 3.05) is 5.32 Å². The monoisotopic (exact) mass is 272 g/mol. The van der Waals surface area contributed by atoms with Crippen molar-refractivity contribution in [2.24, 2.45) is 0 Å². The molecule has 2 aromatic heterocycles. The molecule has 8 heteroatoms. The van der Waals surface area contributed by atoms with Crippen molar-refractivity contribution in [2.45, 2.75) is 6.92 Å². The first-order valence-corrected chi connectivity index (χ1v) is 5.25. The number of aryl methyl sites for hydroxylation is 1. The largest absolute Gasteiger partial charge is 0.361 e. The molecule has 2 heterocycles. The zero-order valence-electron chi connectivity index (χ0n) is 8.57. The lowest BCUT2D eigenvalue weighted by Crippen LogP contribution is -2.13. The Morgan fingerprint density at radius 2 is 2.12 bits per heavy atom. The molecule has 0 saturated heterocycles. The summed E-state index contributed by atoms with van der Waals surface area (Å²) in [6.45, 7) is 1.68. The van der Waals surface area contributed by atoms with Gasteiger partial charge in [-0.2, -0.15) is 0 Å². The van der Waals surface area contributed by atoms with Crippen molar-refractivity contribution in [3.05, 3.63) is 34.0 Å². The van der Waals surface area contributed by atoms with Gasteiger partial charge in [0.2, 0.25) is 5.28 Å². The second-order valence-electron chi connectivity index (χ2n) is 3.12. The second kappa shape index (κ2) is 4.68. The number of hydrogen-bond acceptors (Lipinski definition) is 5. The summed E-state index contributed by atoms with van der Waals surface area (Å²) in [6, 6.07) is 2.87. The molecule has 0 bridgehead atoms. The topological polar surface area (TPSA) is 80.9 Å². The smallest absolute Gasteiger partial charge is 0.279 e. The molecule has 0 aliphatic heterocycles. The average molecular weight is 273 g/mol. The molecule has 0 unspecified atom stereocenters. The van der Waals surface area contributed by atoms with E-state index in [1.165, 1.54) is 12.1 Å². The van der Waals surface area contributed by atoms with Crippen LogP contribution in [0, 0.1) is 6.92 Å². The maximum Gasteiger partial charge on any atom is 0.279 e. The lowest BCUT2D eigenvalue weighted by Gasteiger charge is -2.01. The fraction of sp³-hybridized carbons (Fsp3) is 0.111. The number of nitrogens with one attached hydrogen (secondary N) is 1. The summed E-state index contributed by atoms with van der Waals surface area (Å²) in [7, 11) is 0. The van der Waals surface area contributed by atoms with Crippen molar-refractivity contribution in [1.82, 2.24) is 15.1 Å². The van der Waals surface area contributed by atoms with Gasteiger partial charge in [-0.15, -0.1) is 0 Å². The predicted octanol–water partition coefficient (Wildman–Crippen LogP) is 2.33. The van der Waals surface area contributed by atoms with Gasteiger partial charge in [0.1, 0.15) is 16.7 Å². The summed E-state index contributed by atoms with van der Waals surface area (Å²) in [4.78, 5) is 19.1. The number of carbonyl (C=O) groups excluding carboxylic acids is 1. The molecule has 0 aromatic carbocycles. The van der Waals surface area contributed by atoms with Gasteiger partial charge >= 0.3 is 0 Å². The number of rotatable bonds is 2. The minimum absolute atomic E-state index is 0.0517. The summed E-state index contributed by atoms with van der Waals surface area (Å²) in [6.07, 6.45) is 0. The zero-order chi connectivity index (χ0) is 12.4. The van der Waals surface area contributed by atoms with E-state index in [1.54, 1.807) is 6.92 Å². The van der Waals surface area contributed by atoms with Crippen LogP contribution in [0.25, 0.3) is 0 Å². The molecule has 0 radical (unpaired) electrons. The van der Waals surface area contributed by atoms with E-state index < -0.39 is 5.91 Å². The summed E-state index contributed by atoms with van der Waals surface area (Å²) < 4.78 is 4.78. The van der Waals surface area contributed by atoms with Crippen molar-refractivity contribution in [3.8, 4) is 0 Å². The third kappa shape index (κ3) is 2.92. The number of hydrogen-bond donors (Lipinski definition) is 1. The number of nitrogens with zero attached hydrogens (tertiary/aromatic N) is 3. The number of aromatic nitrogens is 3. The van der Waals surface area contributed by atoms with Gasteiger partial charge in [-0.05, 0) is 18.5 Å². The van der Waals surface area contributed by atoms with Gasteiger partial charge in [0.15, 0.2) is 5.69 Å². The van der Waals surface area contributed by atoms with Crippen molar-refractivity contribution in [1.29, 1.82) is 0 Å². The standard InChI is InChI=1S/C9H6Cl2N4O2/c1-4-2-5(15-17-4)8(16)13-7-3-6(10)12-9(11)14-7/h2-3H,1H3,(H,12,13,14,16). The number of carbonyl (C=O) groups is 1. The highest BCUT2D eigenvalue weighted by Crippen LogP contribution is 2.15. The molecule has 2 aromatic rings.